The number of hydrogen-bond acceptors (Lipinski definition) is 3. The summed E-state index contributed by atoms with van der Waals surface area (Å²) in [5.41, 5.74) is 7.41. The van der Waals surface area contributed by atoms with Gasteiger partial charge in [-0.15, -0.1) is 0 Å². The number of likely N-dealkylation sites (N-methyl/N-ethyl adjacent to an activating group) is 1. The molecule has 1 rings (SSSR count). The van der Waals surface area contributed by atoms with Crippen molar-refractivity contribution < 1.29 is 9.59 Å². The van der Waals surface area contributed by atoms with Crippen LogP contribution in [-0.2, 0) is 16.0 Å². The lowest BCUT2D eigenvalue weighted by Gasteiger charge is -2.21. The molecule has 0 aliphatic heterocycles. The molecule has 0 bridgehead atoms. The molecule has 0 heterocycles. The normalized spacial score (nSPS) is 10.1. The number of nitrogen functional groups attached to an aromatic ring is 1. The quantitative estimate of drug-likeness (QED) is 0.735. The summed E-state index contributed by atoms with van der Waals surface area (Å²) in [6.45, 7) is 2.73. The number of nitrogens with one attached hydrogen (secondary N) is 1. The molecule has 0 atom stereocenters. The third kappa shape index (κ3) is 5.30. The number of aryl methyl sites for hydroxylation is 1. The van der Waals surface area contributed by atoms with E-state index in [1.807, 2.05) is 31.2 Å². The summed E-state index contributed by atoms with van der Waals surface area (Å²) in [6, 6.07) is 7.50. The molecule has 0 saturated heterocycles. The van der Waals surface area contributed by atoms with E-state index in [9.17, 15) is 9.59 Å². The molecule has 0 spiro atoms. The minimum atomic E-state index is -0.140. The predicted octanol–water partition coefficient (Wildman–Crippen LogP) is 1.19. The number of amides is 2. The van der Waals surface area contributed by atoms with E-state index in [1.54, 1.807) is 11.9 Å². The van der Waals surface area contributed by atoms with Crippen molar-refractivity contribution in [3.63, 3.8) is 0 Å². The van der Waals surface area contributed by atoms with Crippen LogP contribution in [0.15, 0.2) is 24.3 Å². The molecule has 0 aliphatic carbocycles. The zero-order valence-corrected chi connectivity index (χ0v) is 12.2. The summed E-state index contributed by atoms with van der Waals surface area (Å²) in [4.78, 5) is 25.1. The zero-order valence-electron chi connectivity index (χ0n) is 12.2. The zero-order chi connectivity index (χ0) is 15.0. The summed E-state index contributed by atoms with van der Waals surface area (Å²) in [5.74, 6) is -0.133. The Morgan fingerprint density at radius 3 is 2.45 bits per heavy atom. The summed E-state index contributed by atoms with van der Waals surface area (Å²) in [7, 11) is 1.57. The first kappa shape index (κ1) is 16.0. The van der Waals surface area contributed by atoms with Gasteiger partial charge in [-0.3, -0.25) is 9.59 Å². The van der Waals surface area contributed by atoms with E-state index in [0.717, 1.165) is 12.0 Å². The molecule has 1 aromatic rings. The minimum absolute atomic E-state index is 0.00674. The fraction of sp³-hybridized carbons (Fsp3) is 0.467. The Hall–Kier alpha value is -2.04. The molecule has 20 heavy (non-hydrogen) atoms. The average Bonchev–Trinajstić information content (AvgIpc) is 2.45. The molecule has 0 aliphatic rings. The van der Waals surface area contributed by atoms with Crippen molar-refractivity contribution in [2.75, 3.05) is 25.9 Å². The van der Waals surface area contributed by atoms with Crippen LogP contribution in [0.2, 0.25) is 0 Å². The standard InChI is InChI=1S/C15H23N3O2/c1-3-10-18(11-14(19)17-2)15(20)9-6-12-4-7-13(16)8-5-12/h4-5,7-8H,3,6,9-11,16H2,1-2H3,(H,17,19). The molecule has 0 unspecified atom stereocenters. The lowest BCUT2D eigenvalue weighted by molar-refractivity contribution is -0.135. The number of rotatable bonds is 7. The van der Waals surface area contributed by atoms with Gasteiger partial charge < -0.3 is 16.0 Å². The van der Waals surface area contributed by atoms with E-state index in [4.69, 9.17) is 5.73 Å². The van der Waals surface area contributed by atoms with Crippen LogP contribution < -0.4 is 11.1 Å². The highest BCUT2D eigenvalue weighted by Gasteiger charge is 2.15. The van der Waals surface area contributed by atoms with Gasteiger partial charge in [0.1, 0.15) is 0 Å². The number of nitrogens with zero attached hydrogens (tertiary/aromatic N) is 1. The van der Waals surface area contributed by atoms with Crippen molar-refractivity contribution in [3.05, 3.63) is 29.8 Å². The second-order valence-electron chi connectivity index (χ2n) is 4.73. The van der Waals surface area contributed by atoms with Crippen LogP contribution in [0.4, 0.5) is 5.69 Å². The molecule has 0 fully saturated rings. The molecule has 110 valence electrons. The summed E-state index contributed by atoms with van der Waals surface area (Å²) < 4.78 is 0. The third-order valence-corrected chi connectivity index (χ3v) is 3.07. The minimum Gasteiger partial charge on any atom is -0.399 e. The predicted molar refractivity (Wildman–Crippen MR) is 80.1 cm³/mol. The monoisotopic (exact) mass is 277 g/mol. The highest BCUT2D eigenvalue weighted by molar-refractivity contribution is 5.84. The van der Waals surface area contributed by atoms with E-state index in [2.05, 4.69) is 5.32 Å². The largest absolute Gasteiger partial charge is 0.399 e. The Balaban J connectivity index is 2.52. The van der Waals surface area contributed by atoms with E-state index >= 15 is 0 Å². The Bertz CT molecular complexity index is 443. The van der Waals surface area contributed by atoms with Gasteiger partial charge in [0.15, 0.2) is 0 Å². The fourth-order valence-corrected chi connectivity index (χ4v) is 1.91. The lowest BCUT2D eigenvalue weighted by atomic mass is 10.1. The highest BCUT2D eigenvalue weighted by Crippen LogP contribution is 2.09. The van der Waals surface area contributed by atoms with Crippen LogP contribution >= 0.6 is 0 Å². The van der Waals surface area contributed by atoms with E-state index < -0.39 is 0 Å². The van der Waals surface area contributed by atoms with Crippen molar-refractivity contribution in [3.8, 4) is 0 Å². The van der Waals surface area contributed by atoms with Gasteiger partial charge in [-0.2, -0.15) is 0 Å². The second-order valence-corrected chi connectivity index (χ2v) is 4.73. The van der Waals surface area contributed by atoms with Gasteiger partial charge >= 0.3 is 0 Å². The second kappa shape index (κ2) is 8.19. The van der Waals surface area contributed by atoms with Gasteiger partial charge in [0.25, 0.3) is 0 Å². The fourth-order valence-electron chi connectivity index (χ4n) is 1.91. The van der Waals surface area contributed by atoms with Crippen LogP contribution in [0.1, 0.15) is 25.3 Å². The third-order valence-electron chi connectivity index (χ3n) is 3.07. The van der Waals surface area contributed by atoms with Crippen molar-refractivity contribution >= 4 is 17.5 Å². The Morgan fingerprint density at radius 1 is 1.25 bits per heavy atom. The number of hydrogen-bond donors (Lipinski definition) is 2. The maximum atomic E-state index is 12.1. The Morgan fingerprint density at radius 2 is 1.90 bits per heavy atom. The molecular weight excluding hydrogens is 254 g/mol. The summed E-state index contributed by atoms with van der Waals surface area (Å²) >= 11 is 0. The first-order valence-corrected chi connectivity index (χ1v) is 6.89. The van der Waals surface area contributed by atoms with Crippen LogP contribution in [-0.4, -0.2) is 36.9 Å². The average molecular weight is 277 g/mol. The van der Waals surface area contributed by atoms with Crippen molar-refractivity contribution in [1.29, 1.82) is 0 Å². The molecule has 0 saturated carbocycles. The van der Waals surface area contributed by atoms with Gasteiger partial charge in [0.05, 0.1) is 6.54 Å². The summed E-state index contributed by atoms with van der Waals surface area (Å²) in [5, 5.41) is 2.54. The first-order valence-electron chi connectivity index (χ1n) is 6.89. The van der Waals surface area contributed by atoms with Gasteiger partial charge in [0, 0.05) is 25.7 Å². The topological polar surface area (TPSA) is 75.4 Å². The maximum Gasteiger partial charge on any atom is 0.239 e. The van der Waals surface area contributed by atoms with E-state index in [0.29, 0.717) is 25.1 Å². The van der Waals surface area contributed by atoms with E-state index in [-0.39, 0.29) is 18.4 Å². The molecule has 3 N–H and O–H groups in total. The highest BCUT2D eigenvalue weighted by atomic mass is 16.2. The molecule has 2 amide bonds. The SMILES string of the molecule is CCCN(CC(=O)NC)C(=O)CCc1ccc(N)cc1. The van der Waals surface area contributed by atoms with Crippen molar-refractivity contribution in [2.45, 2.75) is 26.2 Å². The number of benzene rings is 1. The Kier molecular flexibility index (Phi) is 6.56. The molecule has 0 radical (unpaired) electrons. The Labute approximate surface area is 120 Å². The van der Waals surface area contributed by atoms with Crippen LogP contribution in [0, 0.1) is 0 Å². The number of carbonyl (C=O) groups excluding carboxylic acids is 2. The van der Waals surface area contributed by atoms with Gasteiger partial charge in [0.2, 0.25) is 11.8 Å². The van der Waals surface area contributed by atoms with E-state index in [1.165, 1.54) is 0 Å². The molecule has 5 nitrogen and oxygen atoms in total. The van der Waals surface area contributed by atoms with Gasteiger partial charge in [-0.05, 0) is 30.5 Å². The molecule has 5 heteroatoms. The van der Waals surface area contributed by atoms with Crippen molar-refractivity contribution in [2.24, 2.45) is 0 Å². The van der Waals surface area contributed by atoms with Gasteiger partial charge in [-0.25, -0.2) is 0 Å². The summed E-state index contributed by atoms with van der Waals surface area (Å²) in [6.07, 6.45) is 1.90. The number of nitrogens with two attached hydrogens (primary N) is 1. The van der Waals surface area contributed by atoms with Crippen LogP contribution in [0.3, 0.4) is 0 Å². The molecule has 1 aromatic carbocycles. The van der Waals surface area contributed by atoms with Gasteiger partial charge in [-0.1, -0.05) is 19.1 Å². The number of carbonyl (C=O) groups is 2. The van der Waals surface area contributed by atoms with Crippen LogP contribution in [0.5, 0.6) is 0 Å². The molecular formula is C15H23N3O2. The van der Waals surface area contributed by atoms with Crippen molar-refractivity contribution in [1.82, 2.24) is 10.2 Å². The lowest BCUT2D eigenvalue weighted by Crippen LogP contribution is -2.40. The smallest absolute Gasteiger partial charge is 0.239 e. The molecule has 0 aromatic heterocycles. The van der Waals surface area contributed by atoms with Crippen LogP contribution in [0.25, 0.3) is 0 Å². The first-order chi connectivity index (χ1) is 9.56. The number of anilines is 1. The maximum absolute atomic E-state index is 12.1.